The van der Waals surface area contributed by atoms with Crippen LogP contribution in [0.2, 0.25) is 0 Å². The molecule has 2 saturated heterocycles. The maximum absolute atomic E-state index is 13.0. The Balaban J connectivity index is 1.36. The zero-order valence-electron chi connectivity index (χ0n) is 18.8. The molecule has 0 spiro atoms. The van der Waals surface area contributed by atoms with E-state index in [0.717, 1.165) is 49.2 Å². The largest absolute Gasteiger partial charge is 0.380 e. The van der Waals surface area contributed by atoms with Gasteiger partial charge in [0.2, 0.25) is 0 Å². The number of hydrogen-bond donors (Lipinski definition) is 1. The van der Waals surface area contributed by atoms with Gasteiger partial charge in [0.15, 0.2) is 5.82 Å². The van der Waals surface area contributed by atoms with Gasteiger partial charge in [0.1, 0.15) is 0 Å². The van der Waals surface area contributed by atoms with E-state index in [2.05, 4.69) is 29.0 Å². The second kappa shape index (κ2) is 10.3. The molecule has 8 heteroatoms. The molecule has 7 nitrogen and oxygen atoms in total. The fourth-order valence-electron chi connectivity index (χ4n) is 4.08. The summed E-state index contributed by atoms with van der Waals surface area (Å²) in [6, 6.07) is 11.4. The van der Waals surface area contributed by atoms with E-state index in [9.17, 15) is 9.59 Å². The molecule has 32 heavy (non-hydrogen) atoms. The number of carbonyl (C=O) groups is 2. The second-order valence-corrected chi connectivity index (χ2v) is 9.66. The van der Waals surface area contributed by atoms with E-state index >= 15 is 0 Å². The summed E-state index contributed by atoms with van der Waals surface area (Å²) in [5.41, 5.74) is 2.30. The minimum absolute atomic E-state index is 0.0135. The van der Waals surface area contributed by atoms with Crippen LogP contribution in [0.25, 0.3) is 0 Å². The van der Waals surface area contributed by atoms with Crippen LogP contribution in [0.3, 0.4) is 0 Å². The molecule has 1 aromatic carbocycles. The molecule has 2 amide bonds. The van der Waals surface area contributed by atoms with Crippen molar-refractivity contribution < 1.29 is 9.59 Å². The molecule has 0 bridgehead atoms. The van der Waals surface area contributed by atoms with Crippen molar-refractivity contribution in [1.29, 1.82) is 0 Å². The van der Waals surface area contributed by atoms with Crippen molar-refractivity contribution in [2.75, 3.05) is 61.0 Å². The summed E-state index contributed by atoms with van der Waals surface area (Å²) in [4.78, 5) is 36.3. The summed E-state index contributed by atoms with van der Waals surface area (Å²) in [5, 5.41) is 3.45. The lowest BCUT2D eigenvalue weighted by molar-refractivity contribution is 0.0742. The average molecular weight is 454 g/mol. The maximum atomic E-state index is 13.0. The summed E-state index contributed by atoms with van der Waals surface area (Å²) in [7, 11) is 0. The van der Waals surface area contributed by atoms with Crippen LogP contribution >= 0.6 is 11.8 Å². The summed E-state index contributed by atoms with van der Waals surface area (Å²) in [6.07, 6.45) is 1.81. The third-order valence-corrected chi connectivity index (χ3v) is 6.72. The Bertz CT molecular complexity index is 936. The van der Waals surface area contributed by atoms with E-state index in [1.807, 2.05) is 39.9 Å². The van der Waals surface area contributed by atoms with E-state index in [0.29, 0.717) is 30.3 Å². The Labute approximate surface area is 194 Å². The molecule has 4 rings (SSSR count). The van der Waals surface area contributed by atoms with Crippen LogP contribution in [0.15, 0.2) is 42.6 Å². The zero-order valence-corrected chi connectivity index (χ0v) is 19.6. The van der Waals surface area contributed by atoms with Crippen molar-refractivity contribution in [1.82, 2.24) is 14.8 Å². The molecule has 2 aliphatic heterocycles. The molecular formula is C24H31N5O2S. The van der Waals surface area contributed by atoms with Crippen molar-refractivity contribution in [2.45, 2.75) is 19.9 Å². The molecule has 3 heterocycles. The highest BCUT2D eigenvalue weighted by Crippen LogP contribution is 2.25. The van der Waals surface area contributed by atoms with E-state index in [4.69, 9.17) is 0 Å². The van der Waals surface area contributed by atoms with Gasteiger partial charge in [-0.1, -0.05) is 0 Å². The van der Waals surface area contributed by atoms with Crippen LogP contribution in [-0.4, -0.2) is 83.4 Å². The van der Waals surface area contributed by atoms with Crippen LogP contribution in [-0.2, 0) is 0 Å². The molecule has 0 atom stereocenters. The number of aromatic nitrogens is 1. The lowest BCUT2D eigenvalue weighted by Crippen LogP contribution is -2.49. The predicted octanol–water partition coefficient (Wildman–Crippen LogP) is 3.05. The molecular weight excluding hydrogens is 422 g/mol. The molecule has 2 aromatic rings. The van der Waals surface area contributed by atoms with Crippen LogP contribution in [0.1, 0.15) is 34.6 Å². The Kier molecular flexibility index (Phi) is 7.19. The lowest BCUT2D eigenvalue weighted by atomic mass is 10.1. The Hall–Kier alpha value is -2.74. The van der Waals surface area contributed by atoms with E-state index in [1.54, 1.807) is 24.3 Å². The third-order valence-electron chi connectivity index (χ3n) is 5.77. The molecule has 0 radical (unpaired) electrons. The van der Waals surface area contributed by atoms with Crippen molar-refractivity contribution in [2.24, 2.45) is 0 Å². The number of rotatable bonds is 5. The molecule has 170 valence electrons. The van der Waals surface area contributed by atoms with Gasteiger partial charge in [-0.2, -0.15) is 11.8 Å². The van der Waals surface area contributed by atoms with Crippen LogP contribution < -0.4 is 10.2 Å². The highest BCUT2D eigenvalue weighted by Gasteiger charge is 2.25. The Morgan fingerprint density at radius 3 is 2.00 bits per heavy atom. The number of benzene rings is 1. The third kappa shape index (κ3) is 5.18. The smallest absolute Gasteiger partial charge is 0.253 e. The number of hydrogen-bond acceptors (Lipinski definition) is 6. The van der Waals surface area contributed by atoms with E-state index < -0.39 is 0 Å². The quantitative estimate of drug-likeness (QED) is 0.751. The van der Waals surface area contributed by atoms with Gasteiger partial charge in [-0.15, -0.1) is 0 Å². The monoisotopic (exact) mass is 453 g/mol. The van der Waals surface area contributed by atoms with Crippen molar-refractivity contribution >= 4 is 35.1 Å². The van der Waals surface area contributed by atoms with Gasteiger partial charge in [-0.05, 0) is 50.2 Å². The SMILES string of the molecule is CC(C)Nc1cccnc1N1CCN(C(=O)c2ccc(C(=O)N3CCSCC3)cc2)CC1. The van der Waals surface area contributed by atoms with Gasteiger partial charge in [-0.3, -0.25) is 9.59 Å². The minimum atomic E-state index is 0.0135. The zero-order chi connectivity index (χ0) is 22.5. The fraction of sp³-hybridized carbons (Fsp3) is 0.458. The normalized spacial score (nSPS) is 16.9. The first-order valence-electron chi connectivity index (χ1n) is 11.3. The van der Waals surface area contributed by atoms with Gasteiger partial charge in [0.25, 0.3) is 11.8 Å². The number of nitrogens with zero attached hydrogens (tertiary/aromatic N) is 4. The van der Waals surface area contributed by atoms with Gasteiger partial charge < -0.3 is 20.0 Å². The number of thioether (sulfide) groups is 1. The predicted molar refractivity (Wildman–Crippen MR) is 131 cm³/mol. The first-order valence-corrected chi connectivity index (χ1v) is 12.4. The standard InChI is InChI=1S/C24H31N5O2S/c1-18(2)26-21-4-3-9-25-22(21)27-10-12-28(13-11-27)23(30)19-5-7-20(8-6-19)24(31)29-14-16-32-17-15-29/h3-9,18,26H,10-17H2,1-2H3. The fourth-order valence-corrected chi connectivity index (χ4v) is 4.98. The first kappa shape index (κ1) is 22.5. The topological polar surface area (TPSA) is 68.8 Å². The summed E-state index contributed by atoms with van der Waals surface area (Å²) >= 11 is 1.88. The molecule has 1 N–H and O–H groups in total. The average Bonchev–Trinajstić information content (AvgIpc) is 2.84. The molecule has 0 saturated carbocycles. The molecule has 2 fully saturated rings. The maximum Gasteiger partial charge on any atom is 0.253 e. The Morgan fingerprint density at radius 1 is 0.875 bits per heavy atom. The van der Waals surface area contributed by atoms with Crippen molar-refractivity contribution in [3.05, 3.63) is 53.7 Å². The van der Waals surface area contributed by atoms with Crippen molar-refractivity contribution in [3.63, 3.8) is 0 Å². The van der Waals surface area contributed by atoms with Gasteiger partial charge in [-0.25, -0.2) is 4.98 Å². The number of piperazine rings is 1. The molecule has 1 aromatic heterocycles. The summed E-state index contributed by atoms with van der Waals surface area (Å²) < 4.78 is 0. The summed E-state index contributed by atoms with van der Waals surface area (Å²) in [5.74, 6) is 2.98. The lowest BCUT2D eigenvalue weighted by Gasteiger charge is -2.36. The molecule has 0 unspecified atom stereocenters. The molecule has 0 aliphatic carbocycles. The molecule has 2 aliphatic rings. The van der Waals surface area contributed by atoms with Crippen LogP contribution in [0.4, 0.5) is 11.5 Å². The highest BCUT2D eigenvalue weighted by molar-refractivity contribution is 7.99. The van der Waals surface area contributed by atoms with E-state index in [-0.39, 0.29) is 11.8 Å². The number of carbonyl (C=O) groups excluding carboxylic acids is 2. The number of pyridine rings is 1. The first-order chi connectivity index (χ1) is 15.5. The van der Waals surface area contributed by atoms with E-state index in [1.165, 1.54) is 0 Å². The summed E-state index contributed by atoms with van der Waals surface area (Å²) in [6.45, 7) is 8.55. The van der Waals surface area contributed by atoms with Crippen molar-refractivity contribution in [3.8, 4) is 0 Å². The highest BCUT2D eigenvalue weighted by atomic mass is 32.2. The second-order valence-electron chi connectivity index (χ2n) is 8.43. The van der Waals surface area contributed by atoms with Crippen LogP contribution in [0.5, 0.6) is 0 Å². The number of anilines is 2. The van der Waals surface area contributed by atoms with Gasteiger partial charge >= 0.3 is 0 Å². The number of amides is 2. The van der Waals surface area contributed by atoms with Gasteiger partial charge in [0.05, 0.1) is 5.69 Å². The van der Waals surface area contributed by atoms with Crippen LogP contribution in [0, 0.1) is 0 Å². The number of nitrogens with one attached hydrogen (secondary N) is 1. The van der Waals surface area contributed by atoms with Gasteiger partial charge in [0, 0.05) is 74.1 Å². The Morgan fingerprint density at radius 2 is 1.44 bits per heavy atom. The minimum Gasteiger partial charge on any atom is -0.380 e.